The van der Waals surface area contributed by atoms with Gasteiger partial charge in [0, 0.05) is 56.7 Å². The molecule has 0 unspecified atom stereocenters. The van der Waals surface area contributed by atoms with E-state index in [2.05, 4.69) is 74.0 Å². The van der Waals surface area contributed by atoms with E-state index >= 15 is 0 Å². The molecule has 1 atom stereocenters. The molecule has 0 aliphatic carbocycles. The van der Waals surface area contributed by atoms with Crippen molar-refractivity contribution in [3.63, 3.8) is 0 Å². The first-order chi connectivity index (χ1) is 11.3. The Balaban J connectivity index is 1.34. The van der Waals surface area contributed by atoms with Crippen molar-refractivity contribution < 1.29 is 0 Å². The Labute approximate surface area is 137 Å². The van der Waals surface area contributed by atoms with Crippen LogP contribution in [0.3, 0.4) is 0 Å². The first-order valence-electron chi connectivity index (χ1n) is 8.24. The second-order valence-corrected chi connectivity index (χ2v) is 6.39. The summed E-state index contributed by atoms with van der Waals surface area (Å²) in [6, 6.07) is 11.2. The molecule has 5 heteroatoms. The average molecular weight is 309 g/mol. The molecule has 5 nitrogen and oxygen atoms in total. The Kier molecular flexibility index (Phi) is 3.79. The van der Waals surface area contributed by atoms with Crippen molar-refractivity contribution in [1.82, 2.24) is 19.4 Å². The molecular weight excluding hydrogens is 286 g/mol. The normalized spacial score (nSPS) is 21.5. The maximum atomic E-state index is 4.44. The number of aromatic nitrogens is 2. The molecule has 1 aromatic carbocycles. The zero-order valence-corrected chi connectivity index (χ0v) is 13.5. The number of para-hydroxylation sites is 1. The molecule has 2 aliphatic heterocycles. The summed E-state index contributed by atoms with van der Waals surface area (Å²) in [5, 5.41) is 0. The van der Waals surface area contributed by atoms with Crippen LogP contribution in [0.15, 0.2) is 55.1 Å². The molecule has 0 N–H and O–H groups in total. The van der Waals surface area contributed by atoms with Crippen LogP contribution in [0, 0.1) is 0 Å². The number of likely N-dealkylation sites (tertiary alicyclic amines) is 1. The summed E-state index contributed by atoms with van der Waals surface area (Å²) in [7, 11) is 2.07. The molecule has 0 amide bonds. The number of hydrogen-bond donors (Lipinski definition) is 0. The summed E-state index contributed by atoms with van der Waals surface area (Å²) in [5.74, 6) is 1.15. The van der Waals surface area contributed by atoms with E-state index in [9.17, 15) is 0 Å². The first kappa shape index (κ1) is 14.3. The molecule has 2 aromatic rings. The predicted octanol–water partition coefficient (Wildman–Crippen LogP) is 2.25. The fourth-order valence-electron chi connectivity index (χ4n) is 3.44. The highest BCUT2D eigenvalue weighted by Crippen LogP contribution is 2.24. The largest absolute Gasteiger partial charge is 0.354 e. The van der Waals surface area contributed by atoms with Gasteiger partial charge in [-0.15, -0.1) is 0 Å². The fourth-order valence-corrected chi connectivity index (χ4v) is 3.44. The molecule has 2 aliphatic rings. The summed E-state index contributed by atoms with van der Waals surface area (Å²) in [4.78, 5) is 11.7. The van der Waals surface area contributed by atoms with Crippen molar-refractivity contribution >= 4 is 5.69 Å². The average Bonchev–Trinajstić information content (AvgIpc) is 3.30. The van der Waals surface area contributed by atoms with Crippen molar-refractivity contribution in [1.29, 1.82) is 0 Å². The molecule has 120 valence electrons. The molecular formula is C18H23N5. The molecule has 23 heavy (non-hydrogen) atoms. The quantitative estimate of drug-likeness (QED) is 0.866. The van der Waals surface area contributed by atoms with Crippen molar-refractivity contribution in [2.75, 3.05) is 24.7 Å². The number of anilines is 1. The SMILES string of the molecule is Cn1ccnc1CN1CC[C@H](N2C=CN(c3ccccc3)C2)C1. The van der Waals surface area contributed by atoms with Gasteiger partial charge in [-0.25, -0.2) is 4.98 Å². The maximum Gasteiger partial charge on any atom is 0.122 e. The third-order valence-electron chi connectivity index (χ3n) is 4.84. The van der Waals surface area contributed by atoms with Crippen molar-refractivity contribution in [2.45, 2.75) is 19.0 Å². The van der Waals surface area contributed by atoms with Crippen LogP contribution in [0.25, 0.3) is 0 Å². The van der Waals surface area contributed by atoms with E-state index in [4.69, 9.17) is 0 Å². The summed E-state index contributed by atoms with van der Waals surface area (Å²) in [6.07, 6.45) is 9.55. The summed E-state index contributed by atoms with van der Waals surface area (Å²) in [6.45, 7) is 4.15. The standard InChI is InChI=1S/C18H23N5/c1-20-10-8-19-18(20)14-21-9-7-17(13-21)23-12-11-22(15-23)16-5-3-2-4-6-16/h2-6,8,10-12,17H,7,9,13-15H2,1H3/t17-/m0/s1. The Bertz CT molecular complexity index is 678. The van der Waals surface area contributed by atoms with Gasteiger partial charge in [-0.3, -0.25) is 4.90 Å². The molecule has 0 spiro atoms. The van der Waals surface area contributed by atoms with Gasteiger partial charge in [0.25, 0.3) is 0 Å². The fraction of sp³-hybridized carbons (Fsp3) is 0.389. The van der Waals surface area contributed by atoms with Crippen LogP contribution in [0.4, 0.5) is 5.69 Å². The zero-order chi connectivity index (χ0) is 15.6. The van der Waals surface area contributed by atoms with Crippen molar-refractivity contribution in [2.24, 2.45) is 7.05 Å². The Morgan fingerprint density at radius 2 is 2.04 bits per heavy atom. The molecule has 0 bridgehead atoms. The number of hydrogen-bond acceptors (Lipinski definition) is 4. The topological polar surface area (TPSA) is 27.5 Å². The van der Waals surface area contributed by atoms with Crippen molar-refractivity contribution in [3.05, 3.63) is 60.9 Å². The van der Waals surface area contributed by atoms with Crippen LogP contribution in [0.1, 0.15) is 12.2 Å². The van der Waals surface area contributed by atoms with Gasteiger partial charge in [0.2, 0.25) is 0 Å². The van der Waals surface area contributed by atoms with E-state index in [0.29, 0.717) is 6.04 Å². The molecule has 0 saturated carbocycles. The molecule has 1 fully saturated rings. The highest BCUT2D eigenvalue weighted by molar-refractivity contribution is 5.49. The van der Waals surface area contributed by atoms with Crippen LogP contribution >= 0.6 is 0 Å². The van der Waals surface area contributed by atoms with Crippen LogP contribution < -0.4 is 4.90 Å². The van der Waals surface area contributed by atoms with E-state index in [1.165, 1.54) is 12.1 Å². The van der Waals surface area contributed by atoms with Gasteiger partial charge in [-0.05, 0) is 18.6 Å². The monoisotopic (exact) mass is 309 g/mol. The lowest BCUT2D eigenvalue weighted by atomic mass is 10.2. The van der Waals surface area contributed by atoms with E-state index in [0.717, 1.165) is 32.1 Å². The minimum atomic E-state index is 0.597. The van der Waals surface area contributed by atoms with Gasteiger partial charge in [-0.2, -0.15) is 0 Å². The second-order valence-electron chi connectivity index (χ2n) is 6.39. The summed E-state index contributed by atoms with van der Waals surface area (Å²) < 4.78 is 2.11. The minimum absolute atomic E-state index is 0.597. The van der Waals surface area contributed by atoms with E-state index < -0.39 is 0 Å². The number of nitrogens with zero attached hydrogens (tertiary/aromatic N) is 5. The zero-order valence-electron chi connectivity index (χ0n) is 13.5. The number of rotatable bonds is 4. The number of imidazole rings is 1. The highest BCUT2D eigenvalue weighted by Gasteiger charge is 2.29. The predicted molar refractivity (Wildman–Crippen MR) is 91.7 cm³/mol. The summed E-state index contributed by atoms with van der Waals surface area (Å²) >= 11 is 0. The lowest BCUT2D eigenvalue weighted by molar-refractivity contribution is 0.261. The van der Waals surface area contributed by atoms with Gasteiger partial charge >= 0.3 is 0 Å². The van der Waals surface area contributed by atoms with Crippen LogP contribution in [-0.4, -0.2) is 45.2 Å². The van der Waals surface area contributed by atoms with Crippen LogP contribution in [0.5, 0.6) is 0 Å². The third-order valence-corrected chi connectivity index (χ3v) is 4.84. The minimum Gasteiger partial charge on any atom is -0.354 e. The molecule has 0 radical (unpaired) electrons. The van der Waals surface area contributed by atoms with Gasteiger partial charge in [0.1, 0.15) is 5.82 Å². The number of aryl methyl sites for hydroxylation is 1. The van der Waals surface area contributed by atoms with Gasteiger partial charge in [0.05, 0.1) is 13.2 Å². The first-order valence-corrected chi connectivity index (χ1v) is 8.24. The molecule has 4 rings (SSSR count). The lowest BCUT2D eigenvalue weighted by Gasteiger charge is -2.27. The highest BCUT2D eigenvalue weighted by atomic mass is 15.4. The summed E-state index contributed by atoms with van der Waals surface area (Å²) in [5.41, 5.74) is 1.26. The Hall–Kier alpha value is -2.27. The van der Waals surface area contributed by atoms with Gasteiger partial charge < -0.3 is 14.4 Å². The Morgan fingerprint density at radius 3 is 2.83 bits per heavy atom. The Morgan fingerprint density at radius 1 is 1.17 bits per heavy atom. The van der Waals surface area contributed by atoms with E-state index in [1.807, 2.05) is 12.4 Å². The second kappa shape index (κ2) is 6.08. The van der Waals surface area contributed by atoms with E-state index in [1.54, 1.807) is 0 Å². The third kappa shape index (κ3) is 2.97. The maximum absolute atomic E-state index is 4.44. The lowest BCUT2D eigenvalue weighted by Crippen LogP contribution is -2.36. The van der Waals surface area contributed by atoms with Crippen LogP contribution in [-0.2, 0) is 13.6 Å². The van der Waals surface area contributed by atoms with Crippen LogP contribution in [0.2, 0.25) is 0 Å². The molecule has 3 heterocycles. The van der Waals surface area contributed by atoms with Crippen molar-refractivity contribution in [3.8, 4) is 0 Å². The van der Waals surface area contributed by atoms with E-state index in [-0.39, 0.29) is 0 Å². The molecule has 1 aromatic heterocycles. The van der Waals surface area contributed by atoms with Gasteiger partial charge in [-0.1, -0.05) is 18.2 Å². The van der Waals surface area contributed by atoms with Gasteiger partial charge in [0.15, 0.2) is 0 Å². The molecule has 1 saturated heterocycles. The number of benzene rings is 1. The smallest absolute Gasteiger partial charge is 0.122 e.